The molecule has 0 bridgehead atoms. The van der Waals surface area contributed by atoms with Gasteiger partial charge in [-0.1, -0.05) is 46.6 Å². The van der Waals surface area contributed by atoms with Crippen molar-refractivity contribution in [3.8, 4) is 0 Å². The fraction of sp³-hybridized carbons (Fsp3) is 0.800. The van der Waals surface area contributed by atoms with E-state index in [1.807, 2.05) is 33.8 Å². The highest BCUT2D eigenvalue weighted by molar-refractivity contribution is 5.06. The smallest absolute Gasteiger partial charge is 0.0622 e. The standard InChI is InChI=1S/C40H74O5/c1-33(2)17-12-24-37(6,42)26-14-28-39(8,44)30-16-31-40(9,45)29-15-27-38(7,43)25-13-22-35(4)20-10-18-34(3)19-11-21-36(5)23-32-41/h17,19-20,23,41-45H,10-16,18,21-22,24-32H2,1-9H3/b34-19+,35-20+,36-23+. The number of aliphatic hydroxyl groups excluding tert-OH is 1. The summed E-state index contributed by atoms with van der Waals surface area (Å²) < 4.78 is 0. The molecule has 0 aromatic carbocycles. The van der Waals surface area contributed by atoms with Crippen molar-refractivity contribution >= 4 is 0 Å². The van der Waals surface area contributed by atoms with Crippen molar-refractivity contribution in [3.05, 3.63) is 46.6 Å². The number of allylic oxidation sites excluding steroid dienone is 7. The van der Waals surface area contributed by atoms with Gasteiger partial charge in [-0.05, 0) is 178 Å². The molecule has 5 nitrogen and oxygen atoms in total. The zero-order chi connectivity index (χ0) is 34.6. The molecule has 0 aromatic heterocycles. The summed E-state index contributed by atoms with van der Waals surface area (Å²) in [5.74, 6) is 0. The van der Waals surface area contributed by atoms with E-state index in [0.717, 1.165) is 77.0 Å². The summed E-state index contributed by atoms with van der Waals surface area (Å²) >= 11 is 0. The van der Waals surface area contributed by atoms with E-state index in [1.165, 1.54) is 22.3 Å². The first-order chi connectivity index (χ1) is 20.8. The molecule has 0 aromatic rings. The van der Waals surface area contributed by atoms with Crippen LogP contribution in [0.3, 0.4) is 0 Å². The van der Waals surface area contributed by atoms with Crippen molar-refractivity contribution in [2.24, 2.45) is 0 Å². The first kappa shape index (κ1) is 43.8. The predicted molar refractivity (Wildman–Crippen MR) is 193 cm³/mol. The normalized spacial score (nSPS) is 18.6. The van der Waals surface area contributed by atoms with Gasteiger partial charge in [-0.15, -0.1) is 0 Å². The summed E-state index contributed by atoms with van der Waals surface area (Å²) in [5.41, 5.74) is 2.26. The average molecular weight is 635 g/mol. The Bertz CT molecular complexity index is 913. The summed E-state index contributed by atoms with van der Waals surface area (Å²) in [5, 5.41) is 52.4. The first-order valence-corrected chi connectivity index (χ1v) is 17.9. The third-order valence-corrected chi connectivity index (χ3v) is 9.32. The van der Waals surface area contributed by atoms with Crippen LogP contribution in [0.15, 0.2) is 46.6 Å². The molecule has 0 aliphatic heterocycles. The molecule has 0 amide bonds. The molecule has 0 saturated heterocycles. The Morgan fingerprint density at radius 2 is 0.756 bits per heavy atom. The molecule has 5 N–H and O–H groups in total. The van der Waals surface area contributed by atoms with Crippen LogP contribution in [-0.4, -0.2) is 54.5 Å². The number of aliphatic hydroxyl groups is 5. The maximum atomic E-state index is 11.0. The molecule has 5 heteroatoms. The summed E-state index contributed by atoms with van der Waals surface area (Å²) in [4.78, 5) is 0. The van der Waals surface area contributed by atoms with E-state index in [0.29, 0.717) is 38.5 Å². The van der Waals surface area contributed by atoms with Crippen molar-refractivity contribution in [1.29, 1.82) is 0 Å². The zero-order valence-electron chi connectivity index (χ0n) is 31.0. The third kappa shape index (κ3) is 26.5. The SMILES string of the molecule is CC(C)=CCCC(C)(O)CCCC(C)(O)CCCC(C)(O)CCCC(C)(O)CCC/C(C)=C/CC/C(C)=C/CC/C(C)=C/CO. The van der Waals surface area contributed by atoms with Crippen LogP contribution in [0.4, 0.5) is 0 Å². The van der Waals surface area contributed by atoms with Crippen molar-refractivity contribution < 1.29 is 25.5 Å². The molecule has 0 radical (unpaired) electrons. The Balaban J connectivity index is 4.29. The van der Waals surface area contributed by atoms with E-state index >= 15 is 0 Å². The molecular weight excluding hydrogens is 560 g/mol. The van der Waals surface area contributed by atoms with Crippen LogP contribution in [0.5, 0.6) is 0 Å². The van der Waals surface area contributed by atoms with Gasteiger partial charge < -0.3 is 25.5 Å². The molecule has 4 atom stereocenters. The topological polar surface area (TPSA) is 101 Å². The molecule has 264 valence electrons. The average Bonchev–Trinajstić information content (AvgIpc) is 2.87. The molecule has 45 heavy (non-hydrogen) atoms. The fourth-order valence-corrected chi connectivity index (χ4v) is 6.02. The summed E-state index contributed by atoms with van der Waals surface area (Å²) in [6.07, 6.45) is 23.3. The molecular formula is C40H74O5. The Hall–Kier alpha value is -1.24. The summed E-state index contributed by atoms with van der Waals surface area (Å²) in [6.45, 7) is 18.3. The second-order valence-electron chi connectivity index (χ2n) is 15.6. The van der Waals surface area contributed by atoms with Gasteiger partial charge in [0.1, 0.15) is 0 Å². The minimum atomic E-state index is -0.804. The van der Waals surface area contributed by atoms with E-state index < -0.39 is 22.4 Å². The summed E-state index contributed by atoms with van der Waals surface area (Å²) in [7, 11) is 0. The highest BCUT2D eigenvalue weighted by atomic mass is 16.3. The maximum Gasteiger partial charge on any atom is 0.0622 e. The van der Waals surface area contributed by atoms with Gasteiger partial charge in [0.05, 0.1) is 29.0 Å². The lowest BCUT2D eigenvalue weighted by Gasteiger charge is -2.30. The van der Waals surface area contributed by atoms with Gasteiger partial charge in [-0.25, -0.2) is 0 Å². The Labute approximate surface area is 278 Å². The first-order valence-electron chi connectivity index (χ1n) is 17.9. The molecule has 0 fully saturated rings. The lowest BCUT2D eigenvalue weighted by Crippen LogP contribution is -2.30. The maximum absolute atomic E-state index is 11.0. The highest BCUT2D eigenvalue weighted by Crippen LogP contribution is 2.30. The van der Waals surface area contributed by atoms with Gasteiger partial charge in [0.15, 0.2) is 0 Å². The lowest BCUT2D eigenvalue weighted by molar-refractivity contribution is -0.00312. The van der Waals surface area contributed by atoms with Crippen LogP contribution in [0.1, 0.15) is 178 Å². The van der Waals surface area contributed by atoms with Gasteiger partial charge in [-0.2, -0.15) is 0 Å². The second-order valence-corrected chi connectivity index (χ2v) is 15.6. The van der Waals surface area contributed by atoms with Crippen LogP contribution in [0, 0.1) is 0 Å². The lowest BCUT2D eigenvalue weighted by atomic mass is 9.84. The summed E-state index contributed by atoms with van der Waals surface area (Å²) in [6, 6.07) is 0. The van der Waals surface area contributed by atoms with E-state index in [4.69, 9.17) is 5.11 Å². The zero-order valence-corrected chi connectivity index (χ0v) is 31.0. The second kappa shape index (κ2) is 22.4. The van der Waals surface area contributed by atoms with Crippen LogP contribution >= 0.6 is 0 Å². The molecule has 0 spiro atoms. The van der Waals surface area contributed by atoms with Crippen LogP contribution < -0.4 is 0 Å². The third-order valence-electron chi connectivity index (χ3n) is 9.32. The van der Waals surface area contributed by atoms with Crippen molar-refractivity contribution in [3.63, 3.8) is 0 Å². The van der Waals surface area contributed by atoms with E-state index in [-0.39, 0.29) is 6.61 Å². The quantitative estimate of drug-likeness (QED) is 0.0610. The van der Waals surface area contributed by atoms with Crippen LogP contribution in [0.25, 0.3) is 0 Å². The minimum absolute atomic E-state index is 0.119. The molecule has 0 rings (SSSR count). The minimum Gasteiger partial charge on any atom is -0.392 e. The number of hydrogen-bond donors (Lipinski definition) is 5. The monoisotopic (exact) mass is 635 g/mol. The largest absolute Gasteiger partial charge is 0.392 e. The molecule has 0 heterocycles. The van der Waals surface area contributed by atoms with Crippen LogP contribution in [-0.2, 0) is 0 Å². The fourth-order valence-electron chi connectivity index (χ4n) is 6.02. The van der Waals surface area contributed by atoms with E-state index in [1.54, 1.807) is 0 Å². The van der Waals surface area contributed by atoms with Crippen LogP contribution in [0.2, 0.25) is 0 Å². The number of hydrogen-bond acceptors (Lipinski definition) is 5. The van der Waals surface area contributed by atoms with Crippen molar-refractivity contribution in [2.45, 2.75) is 200 Å². The molecule has 0 aliphatic rings. The van der Waals surface area contributed by atoms with E-state index in [2.05, 4.69) is 52.8 Å². The van der Waals surface area contributed by atoms with Crippen molar-refractivity contribution in [1.82, 2.24) is 0 Å². The highest BCUT2D eigenvalue weighted by Gasteiger charge is 2.27. The predicted octanol–water partition coefficient (Wildman–Crippen LogP) is 9.81. The van der Waals surface area contributed by atoms with Gasteiger partial charge in [-0.3, -0.25) is 0 Å². The molecule has 4 unspecified atom stereocenters. The van der Waals surface area contributed by atoms with Gasteiger partial charge >= 0.3 is 0 Å². The Morgan fingerprint density at radius 1 is 0.422 bits per heavy atom. The molecule has 0 aliphatic carbocycles. The van der Waals surface area contributed by atoms with E-state index in [9.17, 15) is 20.4 Å². The Kier molecular flexibility index (Phi) is 21.7. The number of rotatable bonds is 26. The van der Waals surface area contributed by atoms with Gasteiger partial charge in [0.2, 0.25) is 0 Å². The van der Waals surface area contributed by atoms with Crippen molar-refractivity contribution in [2.75, 3.05) is 6.61 Å². The van der Waals surface area contributed by atoms with Gasteiger partial charge in [0, 0.05) is 0 Å². The Morgan fingerprint density at radius 3 is 1.13 bits per heavy atom. The van der Waals surface area contributed by atoms with Gasteiger partial charge in [0.25, 0.3) is 0 Å². The molecule has 0 saturated carbocycles.